The fourth-order valence-electron chi connectivity index (χ4n) is 4.24. The van der Waals surface area contributed by atoms with E-state index in [-0.39, 0.29) is 22.9 Å². The molecule has 4 aromatic carbocycles. The number of benzene rings is 4. The third kappa shape index (κ3) is 4.34. The van der Waals surface area contributed by atoms with Crippen molar-refractivity contribution >= 4 is 51.9 Å². The summed E-state index contributed by atoms with van der Waals surface area (Å²) in [5, 5.41) is 13.4. The number of anilines is 1. The molecule has 8 heteroatoms. The smallest absolute Gasteiger partial charge is 0.336 e. The molecule has 7 nitrogen and oxygen atoms in total. The predicted molar refractivity (Wildman–Crippen MR) is 138 cm³/mol. The first-order valence-corrected chi connectivity index (χ1v) is 12.2. The van der Waals surface area contributed by atoms with Crippen LogP contribution in [0.15, 0.2) is 89.8 Å². The van der Waals surface area contributed by atoms with Crippen LogP contribution in [0.1, 0.15) is 41.4 Å². The summed E-state index contributed by atoms with van der Waals surface area (Å²) in [6.45, 7) is 0.294. The molecule has 1 aliphatic heterocycles. The van der Waals surface area contributed by atoms with Crippen LogP contribution >= 0.6 is 11.8 Å². The van der Waals surface area contributed by atoms with E-state index in [0.717, 1.165) is 4.90 Å². The number of carboxylic acid groups (broad SMARTS) is 1. The fourth-order valence-corrected chi connectivity index (χ4v) is 5.08. The van der Waals surface area contributed by atoms with Crippen molar-refractivity contribution in [1.82, 2.24) is 4.90 Å². The second-order valence-corrected chi connectivity index (χ2v) is 9.32. The Bertz CT molecular complexity index is 1490. The Morgan fingerprint density at radius 1 is 0.778 bits per heavy atom. The van der Waals surface area contributed by atoms with E-state index in [1.807, 2.05) is 12.1 Å². The van der Waals surface area contributed by atoms with Crippen molar-refractivity contribution in [1.29, 1.82) is 0 Å². The van der Waals surface area contributed by atoms with E-state index in [0.29, 0.717) is 39.9 Å². The van der Waals surface area contributed by atoms with Crippen LogP contribution < -0.4 is 5.32 Å². The van der Waals surface area contributed by atoms with E-state index < -0.39 is 11.9 Å². The Morgan fingerprint density at radius 2 is 1.39 bits per heavy atom. The van der Waals surface area contributed by atoms with Crippen LogP contribution in [0.5, 0.6) is 0 Å². The predicted octanol–water partition coefficient (Wildman–Crippen LogP) is 5.18. The lowest BCUT2D eigenvalue weighted by molar-refractivity contribution is 0.0659. The molecule has 0 aliphatic carbocycles. The summed E-state index contributed by atoms with van der Waals surface area (Å²) < 4.78 is 0. The summed E-state index contributed by atoms with van der Waals surface area (Å²) >= 11 is 1.50. The van der Waals surface area contributed by atoms with Gasteiger partial charge in [-0.05, 0) is 53.9 Å². The first kappa shape index (κ1) is 23.3. The van der Waals surface area contributed by atoms with Crippen molar-refractivity contribution in [2.75, 3.05) is 17.6 Å². The minimum Gasteiger partial charge on any atom is -0.478 e. The van der Waals surface area contributed by atoms with Gasteiger partial charge in [0.05, 0.1) is 16.7 Å². The number of aromatic carboxylic acids is 1. The molecule has 5 rings (SSSR count). The average molecular weight is 497 g/mol. The quantitative estimate of drug-likeness (QED) is 0.270. The third-order valence-electron chi connectivity index (χ3n) is 5.95. The lowest BCUT2D eigenvalue weighted by Crippen LogP contribution is -2.31. The Kier molecular flexibility index (Phi) is 6.26. The van der Waals surface area contributed by atoms with Gasteiger partial charge in [0.1, 0.15) is 0 Å². The summed E-state index contributed by atoms with van der Waals surface area (Å²) in [6, 6.07) is 24.0. The van der Waals surface area contributed by atoms with Gasteiger partial charge in [-0.3, -0.25) is 19.3 Å². The molecule has 0 atom stereocenters. The summed E-state index contributed by atoms with van der Waals surface area (Å²) in [5.74, 6) is -1.50. The summed E-state index contributed by atoms with van der Waals surface area (Å²) in [5.41, 5.74) is 1.80. The first-order valence-electron chi connectivity index (χ1n) is 11.2. The molecule has 0 unspecified atom stereocenters. The molecule has 0 spiro atoms. The van der Waals surface area contributed by atoms with Gasteiger partial charge in [-0.15, -0.1) is 11.8 Å². The normalized spacial score (nSPS) is 12.6. The summed E-state index contributed by atoms with van der Waals surface area (Å²) in [4.78, 5) is 51.8. The van der Waals surface area contributed by atoms with Gasteiger partial charge in [-0.25, -0.2) is 4.79 Å². The highest BCUT2D eigenvalue weighted by molar-refractivity contribution is 7.99. The number of amides is 3. The minimum absolute atomic E-state index is 0.0723. The van der Waals surface area contributed by atoms with Gasteiger partial charge in [0.15, 0.2) is 0 Å². The molecule has 0 saturated heterocycles. The molecule has 0 saturated carbocycles. The number of rotatable bonds is 7. The van der Waals surface area contributed by atoms with Gasteiger partial charge in [0.25, 0.3) is 17.7 Å². The van der Waals surface area contributed by atoms with Crippen LogP contribution in [0.4, 0.5) is 5.69 Å². The second kappa shape index (κ2) is 9.67. The Balaban J connectivity index is 1.23. The van der Waals surface area contributed by atoms with Crippen molar-refractivity contribution < 1.29 is 24.3 Å². The third-order valence-corrected chi connectivity index (χ3v) is 6.95. The van der Waals surface area contributed by atoms with Gasteiger partial charge >= 0.3 is 5.97 Å². The number of carbonyl (C=O) groups is 4. The number of fused-ring (bicyclic) bond motifs is 2. The van der Waals surface area contributed by atoms with E-state index in [4.69, 9.17) is 0 Å². The number of thioether (sulfide) groups is 1. The molecule has 3 amide bonds. The maximum atomic E-state index is 13.0. The van der Waals surface area contributed by atoms with Crippen molar-refractivity contribution in [3.05, 3.63) is 107 Å². The molecule has 36 heavy (non-hydrogen) atoms. The van der Waals surface area contributed by atoms with Crippen molar-refractivity contribution in [2.24, 2.45) is 0 Å². The fraction of sp³-hybridized carbons (Fsp3) is 0.0714. The molecule has 0 fully saturated rings. The van der Waals surface area contributed by atoms with Gasteiger partial charge < -0.3 is 10.4 Å². The van der Waals surface area contributed by atoms with E-state index in [1.165, 1.54) is 22.7 Å². The van der Waals surface area contributed by atoms with Gasteiger partial charge in [-0.2, -0.15) is 0 Å². The number of carboxylic acids is 1. The molecule has 0 radical (unpaired) electrons. The number of carbonyl (C=O) groups excluding carboxylic acids is 3. The minimum atomic E-state index is -1.09. The van der Waals surface area contributed by atoms with E-state index in [1.54, 1.807) is 66.7 Å². The molecule has 0 bridgehead atoms. The zero-order valence-electron chi connectivity index (χ0n) is 18.9. The van der Waals surface area contributed by atoms with Crippen LogP contribution in [-0.4, -0.2) is 46.0 Å². The van der Waals surface area contributed by atoms with E-state index in [2.05, 4.69) is 5.32 Å². The number of imide groups is 1. The van der Waals surface area contributed by atoms with Crippen molar-refractivity contribution in [2.45, 2.75) is 4.90 Å². The largest absolute Gasteiger partial charge is 0.478 e. The Labute approximate surface area is 210 Å². The monoisotopic (exact) mass is 496 g/mol. The standard InChI is InChI=1S/C28H20N2O5S/c31-25(22-9-3-5-17-6-4-10-23(24(17)22)28(34)35)29-18-11-13-19(14-12-18)36-16-15-30-26(32)20-7-1-2-8-21(20)27(30)33/h1-14H,15-16H2,(H,29,31)(H,34,35). The summed E-state index contributed by atoms with van der Waals surface area (Å²) in [7, 11) is 0. The van der Waals surface area contributed by atoms with Crippen LogP contribution in [-0.2, 0) is 0 Å². The molecule has 4 aromatic rings. The molecule has 2 N–H and O–H groups in total. The maximum Gasteiger partial charge on any atom is 0.336 e. The molecule has 0 aromatic heterocycles. The van der Waals surface area contributed by atoms with Crippen LogP contribution in [0, 0.1) is 0 Å². The topological polar surface area (TPSA) is 104 Å². The van der Waals surface area contributed by atoms with Crippen LogP contribution in [0.3, 0.4) is 0 Å². The van der Waals surface area contributed by atoms with Crippen molar-refractivity contribution in [3.63, 3.8) is 0 Å². The lowest BCUT2D eigenvalue weighted by atomic mass is 9.98. The van der Waals surface area contributed by atoms with Crippen molar-refractivity contribution in [3.8, 4) is 0 Å². The Morgan fingerprint density at radius 3 is 2.00 bits per heavy atom. The average Bonchev–Trinajstić information content (AvgIpc) is 3.13. The zero-order valence-corrected chi connectivity index (χ0v) is 19.7. The zero-order chi connectivity index (χ0) is 25.2. The second-order valence-electron chi connectivity index (χ2n) is 8.15. The maximum absolute atomic E-state index is 13.0. The highest BCUT2D eigenvalue weighted by Crippen LogP contribution is 2.27. The first-order chi connectivity index (χ1) is 17.4. The van der Waals surface area contributed by atoms with Gasteiger partial charge in [0.2, 0.25) is 0 Å². The Hall–Kier alpha value is -4.43. The van der Waals surface area contributed by atoms with Gasteiger partial charge in [-0.1, -0.05) is 36.4 Å². The molecule has 178 valence electrons. The van der Waals surface area contributed by atoms with E-state index in [9.17, 15) is 24.3 Å². The number of nitrogens with zero attached hydrogens (tertiary/aromatic N) is 1. The molecule has 1 heterocycles. The lowest BCUT2D eigenvalue weighted by Gasteiger charge is -2.13. The highest BCUT2D eigenvalue weighted by Gasteiger charge is 2.34. The number of hydrogen-bond donors (Lipinski definition) is 2. The van der Waals surface area contributed by atoms with E-state index >= 15 is 0 Å². The number of nitrogens with one attached hydrogen (secondary N) is 1. The van der Waals surface area contributed by atoms with Crippen LogP contribution in [0.25, 0.3) is 10.8 Å². The van der Waals surface area contributed by atoms with Crippen LogP contribution in [0.2, 0.25) is 0 Å². The SMILES string of the molecule is O=C(O)c1cccc2cccc(C(=O)Nc3ccc(SCCN4C(=O)c5ccccc5C4=O)cc3)c12. The summed E-state index contributed by atoms with van der Waals surface area (Å²) in [6.07, 6.45) is 0. The highest BCUT2D eigenvalue weighted by atomic mass is 32.2. The van der Waals surface area contributed by atoms with Gasteiger partial charge in [0, 0.05) is 33.8 Å². The molecular weight excluding hydrogens is 476 g/mol. The number of hydrogen-bond acceptors (Lipinski definition) is 5. The molecular formula is C28H20N2O5S. The molecule has 1 aliphatic rings.